The molecule has 0 bridgehead atoms. The number of rotatable bonds is 4. The van der Waals surface area contributed by atoms with Crippen LogP contribution in [0.15, 0.2) is 18.3 Å². The Labute approximate surface area is 99.4 Å². The highest BCUT2D eigenvalue weighted by atomic mass is 16.2. The second-order valence-electron chi connectivity index (χ2n) is 4.42. The van der Waals surface area contributed by atoms with Crippen LogP contribution in [-0.2, 0) is 4.79 Å². The molecule has 2 amide bonds. The molecular weight excluding hydrogens is 220 g/mol. The van der Waals surface area contributed by atoms with Gasteiger partial charge in [-0.1, -0.05) is 0 Å². The van der Waals surface area contributed by atoms with Gasteiger partial charge in [-0.2, -0.15) is 0 Å². The van der Waals surface area contributed by atoms with Gasteiger partial charge in [0.05, 0.1) is 5.56 Å². The SMILES string of the molecule is CC(C)(CC(N)=O)NC(=O)c1cccnc1N. The zero-order chi connectivity index (χ0) is 13.1. The van der Waals surface area contributed by atoms with Crippen LogP contribution in [0.3, 0.4) is 0 Å². The lowest BCUT2D eigenvalue weighted by atomic mass is 9.99. The van der Waals surface area contributed by atoms with Gasteiger partial charge in [0.1, 0.15) is 5.82 Å². The Morgan fingerprint density at radius 3 is 2.65 bits per heavy atom. The Bertz CT molecular complexity index is 443. The van der Waals surface area contributed by atoms with Crippen LogP contribution in [0.5, 0.6) is 0 Å². The number of nitrogens with zero attached hydrogens (tertiary/aromatic N) is 1. The molecule has 1 rings (SSSR count). The first-order valence-corrected chi connectivity index (χ1v) is 5.13. The van der Waals surface area contributed by atoms with Gasteiger partial charge in [-0.05, 0) is 26.0 Å². The van der Waals surface area contributed by atoms with E-state index in [2.05, 4.69) is 10.3 Å². The first-order chi connectivity index (χ1) is 7.82. The van der Waals surface area contributed by atoms with Crippen LogP contribution < -0.4 is 16.8 Å². The van der Waals surface area contributed by atoms with Crippen LogP contribution in [0.1, 0.15) is 30.6 Å². The van der Waals surface area contributed by atoms with Crippen molar-refractivity contribution in [2.45, 2.75) is 25.8 Å². The van der Waals surface area contributed by atoms with E-state index in [9.17, 15) is 9.59 Å². The molecule has 92 valence electrons. The van der Waals surface area contributed by atoms with E-state index in [0.29, 0.717) is 0 Å². The third-order valence-electron chi connectivity index (χ3n) is 2.15. The fourth-order valence-electron chi connectivity index (χ4n) is 1.46. The average Bonchev–Trinajstić information content (AvgIpc) is 2.14. The van der Waals surface area contributed by atoms with Crippen molar-refractivity contribution in [2.24, 2.45) is 5.73 Å². The van der Waals surface area contributed by atoms with Crippen molar-refractivity contribution in [3.05, 3.63) is 23.9 Å². The number of anilines is 1. The largest absolute Gasteiger partial charge is 0.383 e. The molecule has 0 fully saturated rings. The number of hydrogen-bond donors (Lipinski definition) is 3. The summed E-state index contributed by atoms with van der Waals surface area (Å²) in [6, 6.07) is 3.18. The second-order valence-corrected chi connectivity index (χ2v) is 4.42. The average molecular weight is 236 g/mol. The number of primary amides is 1. The summed E-state index contributed by atoms with van der Waals surface area (Å²) in [6.07, 6.45) is 1.56. The van der Waals surface area contributed by atoms with Gasteiger partial charge in [-0.25, -0.2) is 4.98 Å². The van der Waals surface area contributed by atoms with E-state index in [1.807, 2.05) is 0 Å². The Kier molecular flexibility index (Phi) is 3.67. The standard InChI is InChI=1S/C11H16N4O2/c1-11(2,6-8(12)16)15-10(17)7-4-3-5-14-9(7)13/h3-5H,6H2,1-2H3,(H2,12,16)(H2,13,14)(H,15,17). The van der Waals surface area contributed by atoms with E-state index >= 15 is 0 Å². The van der Waals surface area contributed by atoms with E-state index < -0.39 is 11.4 Å². The van der Waals surface area contributed by atoms with Gasteiger partial charge in [0.25, 0.3) is 5.91 Å². The summed E-state index contributed by atoms with van der Waals surface area (Å²) in [7, 11) is 0. The summed E-state index contributed by atoms with van der Waals surface area (Å²) in [5, 5.41) is 2.68. The zero-order valence-electron chi connectivity index (χ0n) is 9.86. The van der Waals surface area contributed by atoms with Crippen molar-refractivity contribution in [3.8, 4) is 0 Å². The third-order valence-corrected chi connectivity index (χ3v) is 2.15. The zero-order valence-corrected chi connectivity index (χ0v) is 9.86. The maximum Gasteiger partial charge on any atom is 0.255 e. The van der Waals surface area contributed by atoms with Gasteiger partial charge in [-0.3, -0.25) is 9.59 Å². The van der Waals surface area contributed by atoms with E-state index in [1.165, 1.54) is 6.20 Å². The van der Waals surface area contributed by atoms with Crippen LogP contribution in [0.4, 0.5) is 5.82 Å². The highest BCUT2D eigenvalue weighted by Gasteiger charge is 2.24. The number of pyridine rings is 1. The maximum atomic E-state index is 11.9. The molecular formula is C11H16N4O2. The predicted octanol–water partition coefficient (Wildman–Crippen LogP) is 0.0476. The maximum absolute atomic E-state index is 11.9. The predicted molar refractivity (Wildman–Crippen MR) is 64.0 cm³/mol. The van der Waals surface area contributed by atoms with Crippen molar-refractivity contribution < 1.29 is 9.59 Å². The first-order valence-electron chi connectivity index (χ1n) is 5.13. The molecule has 0 saturated heterocycles. The lowest BCUT2D eigenvalue weighted by Crippen LogP contribution is -2.46. The molecule has 0 saturated carbocycles. The number of nitrogen functional groups attached to an aromatic ring is 1. The fourth-order valence-corrected chi connectivity index (χ4v) is 1.46. The Hall–Kier alpha value is -2.11. The highest BCUT2D eigenvalue weighted by molar-refractivity contribution is 5.98. The lowest BCUT2D eigenvalue weighted by Gasteiger charge is -2.24. The second kappa shape index (κ2) is 4.82. The van der Waals surface area contributed by atoms with Crippen molar-refractivity contribution in [2.75, 3.05) is 5.73 Å². The molecule has 1 heterocycles. The van der Waals surface area contributed by atoms with Crippen molar-refractivity contribution in [1.29, 1.82) is 0 Å². The molecule has 17 heavy (non-hydrogen) atoms. The minimum absolute atomic E-state index is 0.0545. The van der Waals surface area contributed by atoms with Gasteiger partial charge in [0, 0.05) is 18.2 Å². The minimum atomic E-state index is -0.717. The summed E-state index contributed by atoms with van der Waals surface area (Å²) in [4.78, 5) is 26.5. The number of carbonyl (C=O) groups is 2. The van der Waals surface area contributed by atoms with Gasteiger partial charge >= 0.3 is 0 Å². The molecule has 1 aromatic heterocycles. The van der Waals surface area contributed by atoms with Crippen molar-refractivity contribution in [3.63, 3.8) is 0 Å². The fraction of sp³-hybridized carbons (Fsp3) is 0.364. The molecule has 0 aliphatic carbocycles. The first kappa shape index (κ1) is 13.0. The number of amides is 2. The van der Waals surface area contributed by atoms with Gasteiger partial charge < -0.3 is 16.8 Å². The number of aromatic nitrogens is 1. The summed E-state index contributed by atoms with van der Waals surface area (Å²) in [6.45, 7) is 3.42. The molecule has 6 nitrogen and oxygen atoms in total. The van der Waals surface area contributed by atoms with Crippen LogP contribution in [0.25, 0.3) is 0 Å². The molecule has 6 heteroatoms. The number of hydrogen-bond acceptors (Lipinski definition) is 4. The Morgan fingerprint density at radius 1 is 1.47 bits per heavy atom. The van der Waals surface area contributed by atoms with Gasteiger partial charge in [0.15, 0.2) is 0 Å². The topological polar surface area (TPSA) is 111 Å². The summed E-state index contributed by atoms with van der Waals surface area (Å²) in [5.74, 6) is -0.698. The van der Waals surface area contributed by atoms with Gasteiger partial charge in [-0.15, -0.1) is 0 Å². The van der Waals surface area contributed by atoms with E-state index in [4.69, 9.17) is 11.5 Å². The van der Waals surface area contributed by atoms with Crippen LogP contribution in [0.2, 0.25) is 0 Å². The molecule has 0 aromatic carbocycles. The summed E-state index contributed by atoms with van der Waals surface area (Å²) >= 11 is 0. The number of carbonyl (C=O) groups excluding carboxylic acids is 2. The Morgan fingerprint density at radius 2 is 2.12 bits per heavy atom. The number of nitrogens with one attached hydrogen (secondary N) is 1. The Balaban J connectivity index is 2.79. The highest BCUT2D eigenvalue weighted by Crippen LogP contribution is 2.12. The quantitative estimate of drug-likeness (QED) is 0.685. The smallest absolute Gasteiger partial charge is 0.255 e. The normalized spacial score (nSPS) is 10.9. The third kappa shape index (κ3) is 3.75. The van der Waals surface area contributed by atoms with Crippen LogP contribution in [0, 0.1) is 0 Å². The van der Waals surface area contributed by atoms with Crippen LogP contribution in [-0.4, -0.2) is 22.3 Å². The van der Waals surface area contributed by atoms with E-state index in [-0.39, 0.29) is 23.7 Å². The molecule has 5 N–H and O–H groups in total. The van der Waals surface area contributed by atoms with Crippen molar-refractivity contribution in [1.82, 2.24) is 10.3 Å². The molecule has 0 radical (unpaired) electrons. The molecule has 0 unspecified atom stereocenters. The van der Waals surface area contributed by atoms with Gasteiger partial charge in [0.2, 0.25) is 5.91 Å². The van der Waals surface area contributed by atoms with E-state index in [0.717, 1.165) is 0 Å². The van der Waals surface area contributed by atoms with Crippen LogP contribution >= 0.6 is 0 Å². The molecule has 0 spiro atoms. The lowest BCUT2D eigenvalue weighted by molar-refractivity contribution is -0.119. The summed E-state index contributed by atoms with van der Waals surface area (Å²) in [5.41, 5.74) is 10.2. The monoisotopic (exact) mass is 236 g/mol. The minimum Gasteiger partial charge on any atom is -0.383 e. The molecule has 1 aromatic rings. The molecule has 0 aliphatic rings. The molecule has 0 aliphatic heterocycles. The van der Waals surface area contributed by atoms with E-state index in [1.54, 1.807) is 26.0 Å². The van der Waals surface area contributed by atoms with Crippen molar-refractivity contribution >= 4 is 17.6 Å². The number of nitrogens with two attached hydrogens (primary N) is 2. The molecule has 0 atom stereocenters. The summed E-state index contributed by atoms with van der Waals surface area (Å²) < 4.78 is 0.